The lowest BCUT2D eigenvalue weighted by Gasteiger charge is -2.43. The van der Waals surface area contributed by atoms with Gasteiger partial charge in [0.05, 0.1) is 0 Å². The molecule has 2 aliphatic rings. The number of hydrogen-bond acceptors (Lipinski definition) is 4. The molecule has 1 aromatic rings. The number of pyridine rings is 1. The number of nitrogens with one attached hydrogen (secondary N) is 1. The Labute approximate surface area is 128 Å². The van der Waals surface area contributed by atoms with E-state index in [0.717, 1.165) is 5.56 Å². The van der Waals surface area contributed by atoms with Gasteiger partial charge in [0.1, 0.15) is 0 Å². The summed E-state index contributed by atoms with van der Waals surface area (Å²) in [7, 11) is 0. The molecule has 0 saturated carbocycles. The van der Waals surface area contributed by atoms with Crippen molar-refractivity contribution in [1.29, 1.82) is 0 Å². The summed E-state index contributed by atoms with van der Waals surface area (Å²) in [4.78, 5) is 41.6. The molecule has 3 heterocycles. The summed E-state index contributed by atoms with van der Waals surface area (Å²) in [5.41, 5.74) is 1.27. The van der Waals surface area contributed by atoms with Crippen LogP contribution in [0.1, 0.15) is 41.6 Å². The van der Waals surface area contributed by atoms with Gasteiger partial charge in [-0.1, -0.05) is 0 Å². The lowest BCUT2D eigenvalue weighted by Crippen LogP contribution is -2.50. The van der Waals surface area contributed by atoms with E-state index in [1.165, 1.54) is 0 Å². The van der Waals surface area contributed by atoms with Crippen LogP contribution in [0.4, 0.5) is 0 Å². The Morgan fingerprint density at radius 2 is 1.86 bits per heavy atom. The van der Waals surface area contributed by atoms with Gasteiger partial charge in [0.25, 0.3) is 5.91 Å². The Morgan fingerprint density at radius 1 is 1.23 bits per heavy atom. The lowest BCUT2D eigenvalue weighted by molar-refractivity contribution is -0.139. The molecule has 2 saturated heterocycles. The molecule has 6 nitrogen and oxygen atoms in total. The van der Waals surface area contributed by atoms with E-state index in [4.69, 9.17) is 0 Å². The molecule has 6 heteroatoms. The van der Waals surface area contributed by atoms with Crippen molar-refractivity contribution in [3.63, 3.8) is 0 Å². The Balaban J connectivity index is 1.69. The van der Waals surface area contributed by atoms with Crippen LogP contribution in [-0.2, 0) is 9.59 Å². The molecule has 1 spiro atoms. The largest absolute Gasteiger partial charge is 0.339 e. The Hall–Kier alpha value is -2.24. The zero-order valence-corrected chi connectivity index (χ0v) is 12.6. The van der Waals surface area contributed by atoms with E-state index in [2.05, 4.69) is 10.3 Å². The molecular weight excluding hydrogens is 282 g/mol. The summed E-state index contributed by atoms with van der Waals surface area (Å²) in [5, 5.41) is 2.35. The number of amides is 3. The van der Waals surface area contributed by atoms with Gasteiger partial charge in [-0.2, -0.15) is 0 Å². The van der Waals surface area contributed by atoms with E-state index >= 15 is 0 Å². The van der Waals surface area contributed by atoms with Crippen LogP contribution in [0.2, 0.25) is 0 Å². The smallest absolute Gasteiger partial charge is 0.254 e. The molecule has 116 valence electrons. The molecule has 0 aliphatic carbocycles. The van der Waals surface area contributed by atoms with Crippen molar-refractivity contribution < 1.29 is 14.4 Å². The minimum absolute atomic E-state index is 0.00124. The molecule has 0 unspecified atom stereocenters. The van der Waals surface area contributed by atoms with Crippen LogP contribution in [0.25, 0.3) is 0 Å². The minimum atomic E-state index is -0.260. The fraction of sp³-hybridized carbons (Fsp3) is 0.500. The standard InChI is InChI=1S/C16H19N3O3/c1-11-10-17-5-2-12(11)15(22)19-6-3-16(4-7-19)8-13(20)18-14(21)9-16/h2,5,10H,3-4,6-9H2,1H3,(H,18,20,21). The molecule has 0 radical (unpaired) electrons. The second-order valence-corrected chi connectivity index (χ2v) is 6.31. The van der Waals surface area contributed by atoms with E-state index in [1.54, 1.807) is 18.5 Å². The predicted molar refractivity (Wildman–Crippen MR) is 78.9 cm³/mol. The van der Waals surface area contributed by atoms with E-state index in [9.17, 15) is 14.4 Å². The fourth-order valence-electron chi connectivity index (χ4n) is 3.41. The molecule has 0 atom stereocenters. The third-order valence-corrected chi connectivity index (χ3v) is 4.71. The quantitative estimate of drug-likeness (QED) is 0.786. The van der Waals surface area contributed by atoms with Crippen LogP contribution in [0, 0.1) is 12.3 Å². The third-order valence-electron chi connectivity index (χ3n) is 4.71. The Morgan fingerprint density at radius 3 is 2.45 bits per heavy atom. The average molecular weight is 301 g/mol. The first-order chi connectivity index (χ1) is 10.5. The van der Waals surface area contributed by atoms with E-state index in [1.807, 2.05) is 11.8 Å². The van der Waals surface area contributed by atoms with Gasteiger partial charge < -0.3 is 4.90 Å². The van der Waals surface area contributed by atoms with Crippen LogP contribution >= 0.6 is 0 Å². The molecule has 3 rings (SSSR count). The molecule has 1 N–H and O–H groups in total. The maximum Gasteiger partial charge on any atom is 0.254 e. The number of nitrogens with zero attached hydrogens (tertiary/aromatic N) is 2. The third kappa shape index (κ3) is 2.73. The first-order valence-corrected chi connectivity index (χ1v) is 7.52. The number of rotatable bonds is 1. The van der Waals surface area contributed by atoms with Crippen LogP contribution in [0.5, 0.6) is 0 Å². The number of likely N-dealkylation sites (tertiary alicyclic amines) is 1. The molecular formula is C16H19N3O3. The summed E-state index contributed by atoms with van der Waals surface area (Å²) in [5.74, 6) is -0.386. The number of carbonyl (C=O) groups excluding carboxylic acids is 3. The predicted octanol–water partition coefficient (Wildman–Crippen LogP) is 1.05. The van der Waals surface area contributed by atoms with Crippen molar-refractivity contribution in [1.82, 2.24) is 15.2 Å². The zero-order valence-electron chi connectivity index (χ0n) is 12.6. The molecule has 3 amide bonds. The highest BCUT2D eigenvalue weighted by Crippen LogP contribution is 2.40. The van der Waals surface area contributed by atoms with Crippen molar-refractivity contribution in [3.05, 3.63) is 29.6 Å². The van der Waals surface area contributed by atoms with Crippen LogP contribution in [0.3, 0.4) is 0 Å². The van der Waals surface area contributed by atoms with Crippen molar-refractivity contribution in [2.45, 2.75) is 32.6 Å². The molecule has 22 heavy (non-hydrogen) atoms. The van der Waals surface area contributed by atoms with Crippen molar-refractivity contribution in [2.75, 3.05) is 13.1 Å². The summed E-state index contributed by atoms with van der Waals surface area (Å²) >= 11 is 0. The van der Waals surface area contributed by atoms with E-state index in [0.29, 0.717) is 44.3 Å². The van der Waals surface area contributed by atoms with Crippen molar-refractivity contribution >= 4 is 17.7 Å². The summed E-state index contributed by atoms with van der Waals surface area (Å²) in [6.07, 6.45) is 5.47. The molecule has 0 aromatic carbocycles. The second kappa shape index (κ2) is 5.51. The van der Waals surface area contributed by atoms with Gasteiger partial charge in [0, 0.05) is 43.9 Å². The Kier molecular flexibility index (Phi) is 3.68. The van der Waals surface area contributed by atoms with Gasteiger partial charge >= 0.3 is 0 Å². The van der Waals surface area contributed by atoms with Gasteiger partial charge in [-0.25, -0.2) is 0 Å². The maximum absolute atomic E-state index is 12.6. The highest BCUT2D eigenvalue weighted by Gasteiger charge is 2.42. The summed E-state index contributed by atoms with van der Waals surface area (Å²) in [6, 6.07) is 1.74. The lowest BCUT2D eigenvalue weighted by atomic mass is 9.71. The molecule has 0 bridgehead atoms. The summed E-state index contributed by atoms with van der Waals surface area (Å²) < 4.78 is 0. The van der Waals surface area contributed by atoms with Crippen LogP contribution in [-0.4, -0.2) is 40.7 Å². The normalized spacial score (nSPS) is 20.9. The zero-order chi connectivity index (χ0) is 15.7. The average Bonchev–Trinajstić information content (AvgIpc) is 2.46. The number of aryl methyl sites for hydroxylation is 1. The van der Waals surface area contributed by atoms with Crippen LogP contribution in [0.15, 0.2) is 18.5 Å². The molecule has 2 fully saturated rings. The van der Waals surface area contributed by atoms with E-state index < -0.39 is 0 Å². The monoisotopic (exact) mass is 301 g/mol. The Bertz CT molecular complexity index is 615. The first kappa shape index (κ1) is 14.7. The maximum atomic E-state index is 12.6. The molecule has 2 aliphatic heterocycles. The number of hydrogen-bond donors (Lipinski definition) is 1. The highest BCUT2D eigenvalue weighted by molar-refractivity contribution is 5.98. The van der Waals surface area contributed by atoms with Gasteiger partial charge in [-0.05, 0) is 36.8 Å². The molecule has 1 aromatic heterocycles. The highest BCUT2D eigenvalue weighted by atomic mass is 16.2. The fourth-order valence-corrected chi connectivity index (χ4v) is 3.41. The van der Waals surface area contributed by atoms with Crippen molar-refractivity contribution in [2.24, 2.45) is 5.41 Å². The van der Waals surface area contributed by atoms with Crippen LogP contribution < -0.4 is 5.32 Å². The number of carbonyl (C=O) groups is 3. The van der Waals surface area contributed by atoms with Crippen molar-refractivity contribution in [3.8, 4) is 0 Å². The van der Waals surface area contributed by atoms with Gasteiger partial charge in [0.15, 0.2) is 0 Å². The first-order valence-electron chi connectivity index (χ1n) is 7.52. The number of aromatic nitrogens is 1. The minimum Gasteiger partial charge on any atom is -0.339 e. The SMILES string of the molecule is Cc1cnccc1C(=O)N1CCC2(CC1)CC(=O)NC(=O)C2. The topological polar surface area (TPSA) is 79.4 Å². The van der Waals surface area contributed by atoms with Gasteiger partial charge in [0.2, 0.25) is 11.8 Å². The van der Waals surface area contributed by atoms with Gasteiger partial charge in [-0.3, -0.25) is 24.7 Å². The second-order valence-electron chi connectivity index (χ2n) is 6.31. The number of piperidine rings is 2. The van der Waals surface area contributed by atoms with Gasteiger partial charge in [-0.15, -0.1) is 0 Å². The summed E-state index contributed by atoms with van der Waals surface area (Å²) in [6.45, 7) is 3.04. The number of imide groups is 1. The van der Waals surface area contributed by atoms with E-state index in [-0.39, 0.29) is 23.1 Å².